The molecule has 2 N–H and O–H groups in total. The maximum atomic E-state index is 15.9. The van der Waals surface area contributed by atoms with Crippen LogP contribution in [0.5, 0.6) is 5.75 Å². The minimum Gasteiger partial charge on any atom is -0.508 e. The van der Waals surface area contributed by atoms with Gasteiger partial charge in [-0.1, -0.05) is 25.8 Å². The first-order chi connectivity index (χ1) is 21.9. The normalized spacial score (nSPS) is 30.3. The Morgan fingerprint density at radius 2 is 1.58 bits per heavy atom. The van der Waals surface area contributed by atoms with Crippen LogP contribution >= 0.6 is 0 Å². The van der Waals surface area contributed by atoms with Crippen LogP contribution in [0.3, 0.4) is 0 Å². The molecular weight excluding hydrogens is 677 g/mol. The Morgan fingerprint density at radius 3 is 2.21 bits per heavy atom. The molecule has 1 aromatic rings. The summed E-state index contributed by atoms with van der Waals surface area (Å²) in [5.41, 5.74) is 1.13. The first kappa shape index (κ1) is 38.6. The van der Waals surface area contributed by atoms with Gasteiger partial charge < -0.3 is 15.1 Å². The number of phenolic OH excluding ortho intramolecular Hbond substituents is 1. The van der Waals surface area contributed by atoms with E-state index in [1.165, 1.54) is 13.1 Å². The van der Waals surface area contributed by atoms with E-state index < -0.39 is 65.8 Å². The number of aliphatic hydroxyl groups excluding tert-OH is 1. The molecule has 48 heavy (non-hydrogen) atoms. The molecule has 0 aliphatic heterocycles. The van der Waals surface area contributed by atoms with Gasteiger partial charge in [0.1, 0.15) is 11.9 Å². The topological polar surface area (TPSA) is 43.7 Å². The summed E-state index contributed by atoms with van der Waals surface area (Å²) in [6.07, 6.45) is -5.18. The summed E-state index contributed by atoms with van der Waals surface area (Å²) in [5.74, 6) is -33.0. The van der Waals surface area contributed by atoms with Crippen LogP contribution in [0.4, 0.5) is 57.1 Å². The SMILES string of the molecule is CN(CC=C(F)C(F)(F)C(F)(F)C(F)(F)C(F)(F)C(F)(F)F)CCCCC[C@@H]1Cc2cc(O)ccc2[C@@H]2[C@@H]1[C@@H]1CC[C@H](O)[C@@]1(C)C[C@@H]2F. The van der Waals surface area contributed by atoms with Crippen LogP contribution in [-0.4, -0.2) is 77.4 Å². The second-order valence-corrected chi connectivity index (χ2v) is 13.8. The lowest BCUT2D eigenvalue weighted by atomic mass is 9.51. The number of nitrogens with zero attached hydrogens (tertiary/aromatic N) is 1. The number of aromatic hydroxyl groups is 1. The van der Waals surface area contributed by atoms with Gasteiger partial charge in [0, 0.05) is 12.5 Å². The number of fused-ring (bicyclic) bond motifs is 5. The first-order valence-corrected chi connectivity index (χ1v) is 15.7. The lowest BCUT2D eigenvalue weighted by Gasteiger charge is -2.54. The van der Waals surface area contributed by atoms with Gasteiger partial charge in [0.2, 0.25) is 0 Å². The summed E-state index contributed by atoms with van der Waals surface area (Å²) in [7, 11) is 1.23. The zero-order valence-corrected chi connectivity index (χ0v) is 26.1. The summed E-state index contributed by atoms with van der Waals surface area (Å²) in [4.78, 5) is 1.13. The molecule has 4 rings (SSSR count). The molecule has 3 nitrogen and oxygen atoms in total. The van der Waals surface area contributed by atoms with Crippen LogP contribution in [-0.2, 0) is 6.42 Å². The van der Waals surface area contributed by atoms with Crippen molar-refractivity contribution in [1.29, 1.82) is 0 Å². The monoisotopic (exact) mass is 715 g/mol. The van der Waals surface area contributed by atoms with E-state index in [0.29, 0.717) is 38.5 Å². The number of hydrogen-bond acceptors (Lipinski definition) is 3. The van der Waals surface area contributed by atoms with Crippen molar-refractivity contribution in [2.45, 2.75) is 106 Å². The van der Waals surface area contributed by atoms with Gasteiger partial charge in [-0.15, -0.1) is 0 Å². The Kier molecular flexibility index (Phi) is 10.6. The highest BCUT2D eigenvalue weighted by Crippen LogP contribution is 2.64. The molecule has 0 unspecified atom stereocenters. The van der Waals surface area contributed by atoms with Crippen LogP contribution < -0.4 is 0 Å². The molecule has 1 aromatic carbocycles. The minimum atomic E-state index is -7.68. The predicted octanol–water partition coefficient (Wildman–Crippen LogP) is 9.23. The maximum Gasteiger partial charge on any atom is 0.460 e. The molecule has 274 valence electrons. The number of likely N-dealkylation sites (N-methyl/N-ethyl adjacent to an activating group) is 1. The van der Waals surface area contributed by atoms with Crippen molar-refractivity contribution in [2.24, 2.45) is 23.2 Å². The van der Waals surface area contributed by atoms with Crippen molar-refractivity contribution in [2.75, 3.05) is 20.1 Å². The van der Waals surface area contributed by atoms with E-state index in [4.69, 9.17) is 0 Å². The maximum absolute atomic E-state index is 15.9. The van der Waals surface area contributed by atoms with E-state index in [2.05, 4.69) is 0 Å². The molecule has 0 bridgehead atoms. The molecule has 0 heterocycles. The van der Waals surface area contributed by atoms with Gasteiger partial charge in [0.15, 0.2) is 5.83 Å². The second kappa shape index (κ2) is 13.1. The van der Waals surface area contributed by atoms with Gasteiger partial charge in [0.25, 0.3) is 0 Å². The van der Waals surface area contributed by atoms with E-state index in [1.54, 1.807) is 12.1 Å². The highest BCUT2D eigenvalue weighted by atomic mass is 19.4. The third kappa shape index (κ3) is 6.41. The second-order valence-electron chi connectivity index (χ2n) is 13.8. The molecule has 3 aliphatic rings. The van der Waals surface area contributed by atoms with Crippen molar-refractivity contribution in [3.63, 3.8) is 0 Å². The highest BCUT2D eigenvalue weighted by molar-refractivity contribution is 5.41. The average molecular weight is 716 g/mol. The van der Waals surface area contributed by atoms with Crippen LogP contribution in [0.15, 0.2) is 30.1 Å². The molecular formula is C32H38F13NO2. The zero-order chi connectivity index (χ0) is 36.3. The van der Waals surface area contributed by atoms with Crippen molar-refractivity contribution >= 4 is 0 Å². The van der Waals surface area contributed by atoms with Crippen LogP contribution in [0.25, 0.3) is 0 Å². The summed E-state index contributed by atoms with van der Waals surface area (Å²) in [6.45, 7) is 1.10. The Morgan fingerprint density at radius 1 is 0.938 bits per heavy atom. The lowest BCUT2D eigenvalue weighted by molar-refractivity contribution is -0.419. The zero-order valence-electron chi connectivity index (χ0n) is 26.1. The Balaban J connectivity index is 1.35. The molecule has 3 aliphatic carbocycles. The lowest BCUT2D eigenvalue weighted by Crippen LogP contribution is -2.66. The number of benzene rings is 1. The molecule has 2 fully saturated rings. The summed E-state index contributed by atoms with van der Waals surface area (Å²) < 4.78 is 175. The fraction of sp³-hybridized carbons (Fsp3) is 0.750. The summed E-state index contributed by atoms with van der Waals surface area (Å²) >= 11 is 0. The van der Waals surface area contributed by atoms with Crippen molar-refractivity contribution in [3.05, 3.63) is 41.2 Å². The van der Waals surface area contributed by atoms with Gasteiger partial charge in [-0.05, 0) is 105 Å². The number of hydrogen-bond donors (Lipinski definition) is 2. The number of unbranched alkanes of at least 4 members (excludes halogenated alkanes) is 2. The van der Waals surface area contributed by atoms with Gasteiger partial charge in [0.05, 0.1) is 6.10 Å². The van der Waals surface area contributed by atoms with E-state index in [9.17, 15) is 62.9 Å². The fourth-order valence-corrected chi connectivity index (χ4v) is 8.18. The molecule has 16 heteroatoms. The number of phenols is 1. The fourth-order valence-electron chi connectivity index (χ4n) is 8.18. The van der Waals surface area contributed by atoms with Crippen molar-refractivity contribution in [1.82, 2.24) is 4.90 Å². The minimum absolute atomic E-state index is 0.0129. The molecule has 0 amide bonds. The molecule has 2 saturated carbocycles. The third-order valence-corrected chi connectivity index (χ3v) is 10.8. The average Bonchev–Trinajstić information content (AvgIpc) is 3.27. The molecule has 7 atom stereocenters. The molecule has 0 spiro atoms. The predicted molar refractivity (Wildman–Crippen MR) is 149 cm³/mol. The first-order valence-electron chi connectivity index (χ1n) is 15.7. The third-order valence-electron chi connectivity index (χ3n) is 10.8. The number of rotatable bonds is 12. The van der Waals surface area contributed by atoms with E-state index >= 15 is 4.39 Å². The Bertz CT molecular complexity index is 1330. The van der Waals surface area contributed by atoms with Gasteiger partial charge in [-0.25, -0.2) is 8.78 Å². The largest absolute Gasteiger partial charge is 0.508 e. The van der Waals surface area contributed by atoms with Gasteiger partial charge in [-0.3, -0.25) is 0 Å². The van der Waals surface area contributed by atoms with Crippen molar-refractivity contribution in [3.8, 4) is 5.75 Å². The summed E-state index contributed by atoms with van der Waals surface area (Å²) in [6, 6.07) is 4.92. The van der Waals surface area contributed by atoms with E-state index in [1.807, 2.05) is 6.92 Å². The van der Waals surface area contributed by atoms with E-state index in [0.717, 1.165) is 22.4 Å². The Labute approximate surface area is 269 Å². The molecule has 0 aromatic heterocycles. The van der Waals surface area contributed by atoms with Crippen LogP contribution in [0, 0.1) is 23.2 Å². The van der Waals surface area contributed by atoms with Gasteiger partial charge >= 0.3 is 29.9 Å². The summed E-state index contributed by atoms with van der Waals surface area (Å²) in [5, 5.41) is 20.8. The number of allylic oxidation sites excluding steroid dienone is 1. The van der Waals surface area contributed by atoms with Crippen LogP contribution in [0.1, 0.15) is 68.9 Å². The number of aliphatic hydroxyl groups is 1. The van der Waals surface area contributed by atoms with E-state index in [-0.39, 0.29) is 42.5 Å². The quantitative estimate of drug-likeness (QED) is 0.168. The number of alkyl halides is 12. The van der Waals surface area contributed by atoms with Gasteiger partial charge in [-0.2, -0.15) is 48.3 Å². The molecule has 0 saturated heterocycles. The molecule has 0 radical (unpaired) electrons. The highest BCUT2D eigenvalue weighted by Gasteiger charge is 2.87. The number of halogens is 13. The smallest absolute Gasteiger partial charge is 0.460 e. The standard InChI is InChI=1S/C32H38F13NO2/c1-27-16-22(33)26-20-8-7-19(47)15-18(20)14-17(25(26)21(27)9-10-24(27)48)6-4-3-5-12-46(2)13-11-23(34)28(35,36)29(37,38)30(39,40)31(41,42)32(43,44)45/h7-8,11,15,17,21-22,24-26,47-48H,3-6,9-10,12-14,16H2,1-2H3/t17-,21+,22+,24+,25+,26+,27+/m1/s1. The Hall–Kier alpha value is -2.23. The van der Waals surface area contributed by atoms with Crippen LogP contribution in [0.2, 0.25) is 0 Å². The van der Waals surface area contributed by atoms with Crippen molar-refractivity contribution < 1.29 is 67.3 Å².